The van der Waals surface area contributed by atoms with Gasteiger partial charge in [0, 0.05) is 17.3 Å². The predicted octanol–water partition coefficient (Wildman–Crippen LogP) is 4.67. The van der Waals surface area contributed by atoms with Crippen molar-refractivity contribution in [1.29, 1.82) is 0 Å². The molecular formula is C25H22F4N6O2. The smallest absolute Gasteiger partial charge is 0.406 e. The average molecular weight is 514 g/mol. The Morgan fingerprint density at radius 1 is 1.14 bits per heavy atom. The standard InChI is InChI=1S/C25H22F4N6O2/c1-15-11-33(14-30-15)21-8-6-16(10-23(21)37-2)19-12-35(32-31-19)22-9-7-17-18(26)4-3-5-20(17)34(24(22)36)13-25(27,28)29/h3-6,8,10-12,14,22H,7,9,13H2,1-2H3. The maximum atomic E-state index is 14.5. The van der Waals surface area contributed by atoms with Crippen LogP contribution in [0.15, 0.2) is 55.1 Å². The van der Waals surface area contributed by atoms with Crippen molar-refractivity contribution in [3.8, 4) is 22.7 Å². The number of methoxy groups -OCH3 is 1. The van der Waals surface area contributed by atoms with E-state index in [1.807, 2.05) is 23.8 Å². The minimum absolute atomic E-state index is 0.0617. The van der Waals surface area contributed by atoms with Crippen LogP contribution in [0.4, 0.5) is 23.2 Å². The van der Waals surface area contributed by atoms with Gasteiger partial charge in [0.25, 0.3) is 5.91 Å². The number of amides is 1. The van der Waals surface area contributed by atoms with E-state index in [0.717, 1.165) is 11.4 Å². The maximum absolute atomic E-state index is 14.5. The zero-order valence-electron chi connectivity index (χ0n) is 19.9. The molecule has 0 aliphatic carbocycles. The van der Waals surface area contributed by atoms with Crippen LogP contribution in [0.1, 0.15) is 23.7 Å². The van der Waals surface area contributed by atoms with E-state index in [2.05, 4.69) is 15.3 Å². The topological polar surface area (TPSA) is 78.1 Å². The molecule has 0 spiro atoms. The van der Waals surface area contributed by atoms with E-state index in [9.17, 15) is 22.4 Å². The lowest BCUT2D eigenvalue weighted by molar-refractivity contribution is -0.134. The van der Waals surface area contributed by atoms with Gasteiger partial charge in [-0.1, -0.05) is 17.3 Å². The Hall–Kier alpha value is -4.22. The summed E-state index contributed by atoms with van der Waals surface area (Å²) in [6.07, 6.45) is 0.457. The van der Waals surface area contributed by atoms with Crippen LogP contribution in [0.25, 0.3) is 16.9 Å². The molecule has 0 saturated heterocycles. The molecule has 1 amide bonds. The van der Waals surface area contributed by atoms with Gasteiger partial charge in [0.15, 0.2) is 0 Å². The van der Waals surface area contributed by atoms with Gasteiger partial charge in [0.05, 0.1) is 36.7 Å². The number of imidazole rings is 1. The summed E-state index contributed by atoms with van der Waals surface area (Å²) < 4.78 is 63.2. The molecule has 4 aromatic rings. The number of fused-ring (bicyclic) bond motifs is 1. The number of hydrogen-bond donors (Lipinski definition) is 0. The summed E-state index contributed by atoms with van der Waals surface area (Å²) in [6.45, 7) is 0.333. The predicted molar refractivity (Wildman–Crippen MR) is 126 cm³/mol. The third-order valence-corrected chi connectivity index (χ3v) is 6.24. The summed E-state index contributed by atoms with van der Waals surface area (Å²) in [4.78, 5) is 18.1. The van der Waals surface area contributed by atoms with E-state index in [1.165, 1.54) is 36.2 Å². The lowest BCUT2D eigenvalue weighted by atomic mass is 10.1. The van der Waals surface area contributed by atoms with Gasteiger partial charge in [-0.05, 0) is 44.0 Å². The third kappa shape index (κ3) is 4.78. The number of hydrogen-bond acceptors (Lipinski definition) is 5. The van der Waals surface area contributed by atoms with Crippen LogP contribution in [0.3, 0.4) is 0 Å². The van der Waals surface area contributed by atoms with E-state index < -0.39 is 30.5 Å². The van der Waals surface area contributed by atoms with Crippen LogP contribution in [0.5, 0.6) is 5.75 Å². The Kier molecular flexibility index (Phi) is 6.18. The highest BCUT2D eigenvalue weighted by molar-refractivity contribution is 5.97. The molecule has 0 N–H and O–H groups in total. The first kappa shape index (κ1) is 24.5. The second-order valence-electron chi connectivity index (χ2n) is 8.72. The summed E-state index contributed by atoms with van der Waals surface area (Å²) in [5.74, 6) is -0.948. The number of nitrogens with zero attached hydrogens (tertiary/aromatic N) is 6. The number of anilines is 1. The second-order valence-corrected chi connectivity index (χ2v) is 8.72. The summed E-state index contributed by atoms with van der Waals surface area (Å²) >= 11 is 0. The highest BCUT2D eigenvalue weighted by Crippen LogP contribution is 2.36. The van der Waals surface area contributed by atoms with Crippen LogP contribution < -0.4 is 9.64 Å². The molecule has 0 saturated carbocycles. The molecule has 0 bridgehead atoms. The quantitative estimate of drug-likeness (QED) is 0.362. The summed E-state index contributed by atoms with van der Waals surface area (Å²) in [5.41, 5.74) is 2.60. The number of ether oxygens (including phenoxy) is 1. The lowest BCUT2D eigenvalue weighted by Gasteiger charge is -2.26. The molecule has 1 atom stereocenters. The maximum Gasteiger partial charge on any atom is 0.406 e. The Morgan fingerprint density at radius 2 is 1.95 bits per heavy atom. The minimum atomic E-state index is -4.67. The molecule has 1 aliphatic rings. The highest BCUT2D eigenvalue weighted by Gasteiger charge is 2.40. The zero-order valence-corrected chi connectivity index (χ0v) is 19.9. The Morgan fingerprint density at radius 3 is 2.65 bits per heavy atom. The molecule has 192 valence electrons. The van der Waals surface area contributed by atoms with Crippen LogP contribution in [-0.2, 0) is 11.2 Å². The fourth-order valence-electron chi connectivity index (χ4n) is 4.50. The number of carbonyl (C=O) groups excluding carboxylic acids is 1. The molecule has 12 heteroatoms. The van der Waals surface area contributed by atoms with Gasteiger partial charge in [-0.15, -0.1) is 5.10 Å². The molecule has 3 heterocycles. The fraction of sp³-hybridized carbons (Fsp3) is 0.280. The summed E-state index contributed by atoms with van der Waals surface area (Å²) in [6, 6.07) is 8.05. The molecule has 1 unspecified atom stereocenters. The van der Waals surface area contributed by atoms with Crippen molar-refractivity contribution in [1.82, 2.24) is 24.5 Å². The summed E-state index contributed by atoms with van der Waals surface area (Å²) in [5, 5.41) is 8.20. The monoisotopic (exact) mass is 514 g/mol. The van der Waals surface area contributed by atoms with Crippen molar-refractivity contribution in [2.45, 2.75) is 32.0 Å². The van der Waals surface area contributed by atoms with Crippen molar-refractivity contribution in [2.75, 3.05) is 18.6 Å². The van der Waals surface area contributed by atoms with Crippen molar-refractivity contribution >= 4 is 11.6 Å². The molecule has 5 rings (SSSR count). The molecule has 37 heavy (non-hydrogen) atoms. The van der Waals surface area contributed by atoms with E-state index in [1.54, 1.807) is 18.5 Å². The number of rotatable bonds is 5. The molecule has 8 nitrogen and oxygen atoms in total. The van der Waals surface area contributed by atoms with E-state index >= 15 is 0 Å². The molecule has 2 aromatic carbocycles. The number of aryl methyl sites for hydroxylation is 1. The average Bonchev–Trinajstić information content (AvgIpc) is 3.49. The number of alkyl halides is 3. The van der Waals surface area contributed by atoms with Gasteiger partial charge in [-0.3, -0.25) is 4.79 Å². The fourth-order valence-corrected chi connectivity index (χ4v) is 4.50. The number of benzene rings is 2. The first-order valence-electron chi connectivity index (χ1n) is 11.4. The van der Waals surface area contributed by atoms with Crippen LogP contribution in [0.2, 0.25) is 0 Å². The van der Waals surface area contributed by atoms with E-state index in [-0.39, 0.29) is 24.1 Å². The number of aromatic nitrogens is 5. The SMILES string of the molecule is COc1cc(-c2cn(C3CCc4c(F)cccc4N(CC(F)(F)F)C3=O)nn2)ccc1-n1cnc(C)c1. The third-order valence-electron chi connectivity index (χ3n) is 6.24. The molecule has 1 aliphatic heterocycles. The minimum Gasteiger partial charge on any atom is -0.495 e. The number of halogens is 4. The Bertz CT molecular complexity index is 1460. The first-order valence-corrected chi connectivity index (χ1v) is 11.4. The van der Waals surface area contributed by atoms with Gasteiger partial charge in [0.1, 0.15) is 29.8 Å². The zero-order chi connectivity index (χ0) is 26.3. The normalized spacial score (nSPS) is 16.0. The molecule has 2 aromatic heterocycles. The largest absolute Gasteiger partial charge is 0.495 e. The van der Waals surface area contributed by atoms with Crippen molar-refractivity contribution in [2.24, 2.45) is 0 Å². The van der Waals surface area contributed by atoms with Gasteiger partial charge < -0.3 is 14.2 Å². The van der Waals surface area contributed by atoms with E-state index in [0.29, 0.717) is 21.9 Å². The Labute approximate surface area is 209 Å². The van der Waals surface area contributed by atoms with Crippen LogP contribution in [0, 0.1) is 12.7 Å². The number of carbonyl (C=O) groups is 1. The Balaban J connectivity index is 1.48. The lowest BCUT2D eigenvalue weighted by Crippen LogP contribution is -2.42. The summed E-state index contributed by atoms with van der Waals surface area (Å²) in [7, 11) is 1.53. The molecular weight excluding hydrogens is 492 g/mol. The van der Waals surface area contributed by atoms with Gasteiger partial charge in [0.2, 0.25) is 0 Å². The molecule has 0 fully saturated rings. The van der Waals surface area contributed by atoms with Gasteiger partial charge in [-0.2, -0.15) is 13.2 Å². The molecule has 0 radical (unpaired) electrons. The van der Waals surface area contributed by atoms with Crippen molar-refractivity contribution in [3.63, 3.8) is 0 Å². The van der Waals surface area contributed by atoms with Gasteiger partial charge >= 0.3 is 6.18 Å². The van der Waals surface area contributed by atoms with Crippen LogP contribution >= 0.6 is 0 Å². The van der Waals surface area contributed by atoms with Crippen molar-refractivity contribution in [3.05, 3.63) is 72.2 Å². The highest BCUT2D eigenvalue weighted by atomic mass is 19.4. The van der Waals surface area contributed by atoms with Crippen molar-refractivity contribution < 1.29 is 27.1 Å². The van der Waals surface area contributed by atoms with Crippen LogP contribution in [-0.4, -0.2) is 50.3 Å². The van der Waals surface area contributed by atoms with Gasteiger partial charge in [-0.25, -0.2) is 14.1 Å². The van der Waals surface area contributed by atoms with E-state index in [4.69, 9.17) is 4.74 Å². The first-order chi connectivity index (χ1) is 17.6. The second kappa shape index (κ2) is 9.34.